The van der Waals surface area contributed by atoms with E-state index in [2.05, 4.69) is 41.7 Å². The minimum absolute atomic E-state index is 0.175. The average Bonchev–Trinajstić information content (AvgIpc) is 2.85. The van der Waals surface area contributed by atoms with E-state index in [0.29, 0.717) is 12.1 Å². The summed E-state index contributed by atoms with van der Waals surface area (Å²) in [6, 6.07) is 1.09. The molecule has 0 amide bonds. The van der Waals surface area contributed by atoms with Crippen molar-refractivity contribution in [3.05, 3.63) is 29.9 Å². The van der Waals surface area contributed by atoms with Crippen molar-refractivity contribution < 1.29 is 4.74 Å². The van der Waals surface area contributed by atoms with Crippen LogP contribution in [0, 0.1) is 0 Å². The predicted molar refractivity (Wildman–Crippen MR) is 86.2 cm³/mol. The molecule has 0 saturated carbocycles. The summed E-state index contributed by atoms with van der Waals surface area (Å²) in [5.74, 6) is 0. The highest BCUT2D eigenvalue weighted by molar-refractivity contribution is 5.04. The van der Waals surface area contributed by atoms with Crippen LogP contribution in [-0.2, 0) is 11.8 Å². The summed E-state index contributed by atoms with van der Waals surface area (Å²) < 4.78 is 7.98. The Kier molecular flexibility index (Phi) is 6.00. The fourth-order valence-electron chi connectivity index (χ4n) is 2.94. The van der Waals surface area contributed by atoms with Gasteiger partial charge in [-0.05, 0) is 46.5 Å². The van der Waals surface area contributed by atoms with Crippen LogP contribution in [0.25, 0.3) is 0 Å². The molecule has 0 spiro atoms. The Bertz CT molecular complexity index is 462. The van der Waals surface area contributed by atoms with Crippen molar-refractivity contribution in [1.29, 1.82) is 0 Å². The third kappa shape index (κ3) is 4.97. The molecule has 0 aliphatic carbocycles. The number of hydrogen-bond donors (Lipinski definition) is 1. The molecule has 118 valence electrons. The van der Waals surface area contributed by atoms with Crippen LogP contribution < -0.4 is 5.32 Å². The molecular formula is C17H29N3O. The van der Waals surface area contributed by atoms with E-state index in [0.717, 1.165) is 25.9 Å². The fraction of sp³-hybridized carbons (Fsp3) is 0.706. The summed E-state index contributed by atoms with van der Waals surface area (Å²) in [4.78, 5) is 4.20. The Morgan fingerprint density at radius 1 is 1.57 bits per heavy atom. The molecule has 4 nitrogen and oxygen atoms in total. The van der Waals surface area contributed by atoms with E-state index in [1.54, 1.807) is 0 Å². The maximum atomic E-state index is 5.92. The first-order chi connectivity index (χ1) is 10.1. The molecular weight excluding hydrogens is 262 g/mol. The van der Waals surface area contributed by atoms with E-state index >= 15 is 0 Å². The van der Waals surface area contributed by atoms with Crippen LogP contribution in [0.4, 0.5) is 0 Å². The lowest BCUT2D eigenvalue weighted by Crippen LogP contribution is -2.41. The maximum Gasteiger partial charge on any atom is 0.100 e. The van der Waals surface area contributed by atoms with Crippen molar-refractivity contribution >= 4 is 0 Å². The number of aryl methyl sites for hydroxylation is 1. The van der Waals surface area contributed by atoms with E-state index in [9.17, 15) is 0 Å². The van der Waals surface area contributed by atoms with Gasteiger partial charge in [-0.15, -0.1) is 0 Å². The zero-order valence-electron chi connectivity index (χ0n) is 13.8. The minimum Gasteiger partial charge on any atom is -0.372 e. The van der Waals surface area contributed by atoms with Gasteiger partial charge in [-0.2, -0.15) is 0 Å². The Balaban J connectivity index is 1.81. The smallest absolute Gasteiger partial charge is 0.100 e. The van der Waals surface area contributed by atoms with Gasteiger partial charge in [-0.25, -0.2) is 4.98 Å². The molecule has 0 radical (unpaired) electrons. The summed E-state index contributed by atoms with van der Waals surface area (Å²) in [6.07, 6.45) is 10.7. The van der Waals surface area contributed by atoms with E-state index in [1.807, 2.05) is 19.6 Å². The van der Waals surface area contributed by atoms with Gasteiger partial charge in [-0.1, -0.05) is 11.6 Å². The van der Waals surface area contributed by atoms with Crippen molar-refractivity contribution in [2.24, 2.45) is 7.05 Å². The van der Waals surface area contributed by atoms with Crippen molar-refractivity contribution in [2.45, 2.75) is 64.6 Å². The highest BCUT2D eigenvalue weighted by atomic mass is 16.5. The molecule has 21 heavy (non-hydrogen) atoms. The largest absolute Gasteiger partial charge is 0.372 e. The molecule has 1 aromatic rings. The van der Waals surface area contributed by atoms with Gasteiger partial charge < -0.3 is 14.6 Å². The van der Waals surface area contributed by atoms with Crippen LogP contribution in [0.3, 0.4) is 0 Å². The Labute approximate surface area is 128 Å². The number of allylic oxidation sites excluding steroid dienone is 2. The van der Waals surface area contributed by atoms with Crippen LogP contribution in [0.2, 0.25) is 0 Å². The summed E-state index contributed by atoms with van der Waals surface area (Å²) in [6.45, 7) is 7.44. The maximum absolute atomic E-state index is 5.92. The van der Waals surface area contributed by atoms with E-state index in [1.165, 1.54) is 17.7 Å². The lowest BCUT2D eigenvalue weighted by Gasteiger charge is -2.32. The van der Waals surface area contributed by atoms with Gasteiger partial charge in [-0.3, -0.25) is 0 Å². The first-order valence-electron chi connectivity index (χ1n) is 8.03. The fourth-order valence-corrected chi connectivity index (χ4v) is 2.94. The zero-order valence-corrected chi connectivity index (χ0v) is 13.8. The molecule has 2 heterocycles. The summed E-state index contributed by atoms with van der Waals surface area (Å²) in [5.41, 5.74) is 2.59. The number of rotatable bonds is 6. The van der Waals surface area contributed by atoms with Crippen LogP contribution >= 0.6 is 0 Å². The standard InChI is InChI=1S/C17H29N3O/c1-13(2)6-5-7-14(3)19-15-8-9-21-17(10-15)16-11-18-12-20(16)4/h6,11-12,14-15,17,19H,5,7-10H2,1-4H3/t14-,15-,17-/m0/s1. The first kappa shape index (κ1) is 16.2. The van der Waals surface area contributed by atoms with Gasteiger partial charge in [0, 0.05) is 25.7 Å². The van der Waals surface area contributed by atoms with Gasteiger partial charge in [0.15, 0.2) is 0 Å². The topological polar surface area (TPSA) is 39.1 Å². The number of ether oxygens (including phenoxy) is 1. The second-order valence-corrected chi connectivity index (χ2v) is 6.44. The molecule has 1 N–H and O–H groups in total. The van der Waals surface area contributed by atoms with Gasteiger partial charge in [0.2, 0.25) is 0 Å². The van der Waals surface area contributed by atoms with Crippen molar-refractivity contribution in [3.63, 3.8) is 0 Å². The molecule has 4 heteroatoms. The molecule has 0 bridgehead atoms. The molecule has 1 saturated heterocycles. The highest BCUT2D eigenvalue weighted by Crippen LogP contribution is 2.27. The summed E-state index contributed by atoms with van der Waals surface area (Å²) >= 11 is 0. The van der Waals surface area contributed by atoms with Crippen LogP contribution in [0.1, 0.15) is 58.3 Å². The van der Waals surface area contributed by atoms with Crippen LogP contribution in [0.15, 0.2) is 24.2 Å². The van der Waals surface area contributed by atoms with Crippen molar-refractivity contribution in [2.75, 3.05) is 6.61 Å². The molecule has 1 aliphatic heterocycles. The van der Waals surface area contributed by atoms with Gasteiger partial charge in [0.1, 0.15) is 6.10 Å². The quantitative estimate of drug-likeness (QED) is 0.817. The van der Waals surface area contributed by atoms with Crippen LogP contribution in [0.5, 0.6) is 0 Å². The lowest BCUT2D eigenvalue weighted by molar-refractivity contribution is -0.00543. The molecule has 1 aliphatic rings. The van der Waals surface area contributed by atoms with Gasteiger partial charge in [0.05, 0.1) is 18.2 Å². The number of nitrogens with zero attached hydrogens (tertiary/aromatic N) is 2. The number of aromatic nitrogens is 2. The second kappa shape index (κ2) is 7.76. The predicted octanol–water partition coefficient (Wildman–Crippen LogP) is 3.36. The minimum atomic E-state index is 0.175. The third-order valence-corrected chi connectivity index (χ3v) is 4.14. The van der Waals surface area contributed by atoms with Gasteiger partial charge >= 0.3 is 0 Å². The zero-order chi connectivity index (χ0) is 15.2. The molecule has 0 unspecified atom stereocenters. The van der Waals surface area contributed by atoms with E-state index in [-0.39, 0.29) is 6.10 Å². The molecule has 1 fully saturated rings. The van der Waals surface area contributed by atoms with Gasteiger partial charge in [0.25, 0.3) is 0 Å². The average molecular weight is 291 g/mol. The molecule has 0 aromatic carbocycles. The third-order valence-electron chi connectivity index (χ3n) is 4.14. The SMILES string of the molecule is CC(C)=CCC[C@H](C)N[C@H]1CCO[C@H](c2cncn2C)C1. The Morgan fingerprint density at radius 2 is 2.38 bits per heavy atom. The number of nitrogens with one attached hydrogen (secondary N) is 1. The summed E-state index contributed by atoms with van der Waals surface area (Å²) in [7, 11) is 2.03. The Hall–Kier alpha value is -1.13. The molecule has 3 atom stereocenters. The normalized spacial score (nSPS) is 23.8. The first-order valence-corrected chi connectivity index (χ1v) is 8.03. The number of imidazole rings is 1. The lowest BCUT2D eigenvalue weighted by atomic mass is 9.99. The highest BCUT2D eigenvalue weighted by Gasteiger charge is 2.26. The number of hydrogen-bond acceptors (Lipinski definition) is 3. The second-order valence-electron chi connectivity index (χ2n) is 6.44. The molecule has 2 rings (SSSR count). The van der Waals surface area contributed by atoms with Crippen molar-refractivity contribution in [3.8, 4) is 0 Å². The van der Waals surface area contributed by atoms with Crippen LogP contribution in [-0.4, -0.2) is 28.2 Å². The molecule has 1 aromatic heterocycles. The van der Waals surface area contributed by atoms with E-state index in [4.69, 9.17) is 4.74 Å². The monoisotopic (exact) mass is 291 g/mol. The van der Waals surface area contributed by atoms with E-state index < -0.39 is 0 Å². The summed E-state index contributed by atoms with van der Waals surface area (Å²) in [5, 5.41) is 3.77. The Morgan fingerprint density at radius 3 is 3.05 bits per heavy atom. The van der Waals surface area contributed by atoms with Crippen molar-refractivity contribution in [1.82, 2.24) is 14.9 Å².